The summed E-state index contributed by atoms with van der Waals surface area (Å²) in [5.41, 5.74) is 4.58. The fourth-order valence-electron chi connectivity index (χ4n) is 3.91. The average molecular weight is 575 g/mol. The molecule has 3 aromatic rings. The van der Waals surface area contributed by atoms with Crippen LogP contribution >= 0.6 is 24.0 Å². The molecule has 1 aliphatic heterocycles. The molecule has 1 atom stereocenters. The predicted molar refractivity (Wildman–Crippen MR) is 146 cm³/mol. The van der Waals surface area contributed by atoms with Crippen LogP contribution in [-0.4, -0.2) is 42.1 Å². The molecule has 0 saturated carbocycles. The van der Waals surface area contributed by atoms with Gasteiger partial charge in [-0.3, -0.25) is 4.99 Å². The minimum atomic E-state index is 0. The molecule has 1 saturated heterocycles. The van der Waals surface area contributed by atoms with Crippen molar-refractivity contribution in [2.75, 3.05) is 20.3 Å². The molecule has 1 aliphatic rings. The van der Waals surface area contributed by atoms with E-state index in [1.807, 2.05) is 16.9 Å². The highest BCUT2D eigenvalue weighted by Gasteiger charge is 2.14. The fourth-order valence-corrected chi connectivity index (χ4v) is 3.91. The number of aromatic nitrogens is 2. The number of hydrogen-bond donors (Lipinski definition) is 2. The van der Waals surface area contributed by atoms with Gasteiger partial charge < -0.3 is 20.1 Å². The van der Waals surface area contributed by atoms with Crippen molar-refractivity contribution in [2.45, 2.75) is 45.1 Å². The maximum atomic E-state index is 6.07. The van der Waals surface area contributed by atoms with Gasteiger partial charge >= 0.3 is 0 Å². The van der Waals surface area contributed by atoms with Crippen LogP contribution in [0.15, 0.2) is 72.0 Å². The van der Waals surface area contributed by atoms with Crippen molar-refractivity contribution in [3.05, 3.63) is 83.7 Å². The van der Waals surface area contributed by atoms with E-state index in [0.717, 1.165) is 37.7 Å². The van der Waals surface area contributed by atoms with Crippen LogP contribution in [0.25, 0.3) is 5.69 Å². The number of guanidine groups is 1. The first kappa shape index (κ1) is 26.2. The van der Waals surface area contributed by atoms with E-state index in [2.05, 4.69) is 76.2 Å². The summed E-state index contributed by atoms with van der Waals surface area (Å²) in [5.74, 6) is 0.760. The Labute approximate surface area is 219 Å². The summed E-state index contributed by atoms with van der Waals surface area (Å²) in [7, 11) is 1.79. The van der Waals surface area contributed by atoms with Gasteiger partial charge in [0.05, 0.1) is 24.4 Å². The third-order valence-electron chi connectivity index (χ3n) is 5.82. The van der Waals surface area contributed by atoms with Gasteiger partial charge in [-0.15, -0.1) is 24.0 Å². The summed E-state index contributed by atoms with van der Waals surface area (Å²) in [6.07, 6.45) is 5.99. The molecule has 2 aromatic carbocycles. The Morgan fingerprint density at radius 3 is 2.71 bits per heavy atom. The Morgan fingerprint density at radius 2 is 1.94 bits per heavy atom. The lowest BCUT2D eigenvalue weighted by molar-refractivity contribution is -0.0390. The second-order valence-electron chi connectivity index (χ2n) is 8.28. The molecule has 1 fully saturated rings. The molecule has 2 heterocycles. The molecule has 0 aliphatic carbocycles. The molecule has 2 N–H and O–H groups in total. The Hall–Kier alpha value is -2.43. The molecule has 34 heavy (non-hydrogen) atoms. The molecule has 7 nitrogen and oxygen atoms in total. The zero-order valence-electron chi connectivity index (χ0n) is 19.8. The highest BCUT2D eigenvalue weighted by Crippen LogP contribution is 2.17. The van der Waals surface area contributed by atoms with Crippen molar-refractivity contribution < 1.29 is 9.47 Å². The SMILES string of the molecule is CN=C(NCc1cccc(COC2CCOCC2)c1)NC(C)c1cccc(-n2cccn2)c1.I. The van der Waals surface area contributed by atoms with Crippen LogP contribution in [0.5, 0.6) is 0 Å². The number of ether oxygens (including phenoxy) is 2. The largest absolute Gasteiger partial charge is 0.381 e. The van der Waals surface area contributed by atoms with Gasteiger partial charge in [-0.1, -0.05) is 36.4 Å². The van der Waals surface area contributed by atoms with Crippen LogP contribution < -0.4 is 10.6 Å². The molecule has 0 bridgehead atoms. The number of rotatable bonds is 8. The highest BCUT2D eigenvalue weighted by molar-refractivity contribution is 14.0. The first-order valence-electron chi connectivity index (χ1n) is 11.6. The smallest absolute Gasteiger partial charge is 0.191 e. The molecule has 4 rings (SSSR count). The van der Waals surface area contributed by atoms with E-state index in [1.54, 1.807) is 13.2 Å². The maximum Gasteiger partial charge on any atom is 0.191 e. The summed E-state index contributed by atoms with van der Waals surface area (Å²) in [6.45, 7) is 5.04. The van der Waals surface area contributed by atoms with Gasteiger partial charge in [-0.25, -0.2) is 4.68 Å². The van der Waals surface area contributed by atoms with Gasteiger partial charge in [-0.05, 0) is 54.7 Å². The minimum absolute atomic E-state index is 0. The lowest BCUT2D eigenvalue weighted by Gasteiger charge is -2.22. The molecule has 0 spiro atoms. The van der Waals surface area contributed by atoms with Crippen LogP contribution in [0, 0.1) is 0 Å². The normalized spacial score (nSPS) is 15.4. The number of benzene rings is 2. The van der Waals surface area contributed by atoms with Gasteiger partial charge in [0.2, 0.25) is 0 Å². The van der Waals surface area contributed by atoms with Crippen molar-refractivity contribution in [3.63, 3.8) is 0 Å². The Bertz CT molecular complexity index is 1040. The number of nitrogens with one attached hydrogen (secondary N) is 2. The number of halogens is 1. The van der Waals surface area contributed by atoms with E-state index in [4.69, 9.17) is 9.47 Å². The first-order valence-corrected chi connectivity index (χ1v) is 11.6. The van der Waals surface area contributed by atoms with Crippen LogP contribution in [0.1, 0.15) is 42.5 Å². The molecule has 1 aromatic heterocycles. The standard InChI is InChI=1S/C26H33N5O2.HI/c1-20(23-8-4-9-24(17-23)31-13-5-12-29-31)30-26(27-2)28-18-21-6-3-7-22(16-21)19-33-25-10-14-32-15-11-25;/h3-9,12-13,16-17,20,25H,10-11,14-15,18-19H2,1-2H3,(H2,27,28,30);1H. The zero-order chi connectivity index (χ0) is 22.9. The molecule has 8 heteroatoms. The summed E-state index contributed by atoms with van der Waals surface area (Å²) in [5, 5.41) is 11.2. The third-order valence-corrected chi connectivity index (χ3v) is 5.82. The van der Waals surface area contributed by atoms with Gasteiger partial charge in [-0.2, -0.15) is 5.10 Å². The second-order valence-corrected chi connectivity index (χ2v) is 8.28. The Morgan fingerprint density at radius 1 is 1.15 bits per heavy atom. The molecular weight excluding hydrogens is 541 g/mol. The maximum absolute atomic E-state index is 6.07. The van der Waals surface area contributed by atoms with Crippen molar-refractivity contribution in [2.24, 2.45) is 4.99 Å². The zero-order valence-corrected chi connectivity index (χ0v) is 22.1. The lowest BCUT2D eigenvalue weighted by Crippen LogP contribution is -2.38. The highest BCUT2D eigenvalue weighted by atomic mass is 127. The third kappa shape index (κ3) is 7.54. The topological polar surface area (TPSA) is 72.7 Å². The molecular formula is C26H34IN5O2. The second kappa shape index (κ2) is 13.5. The van der Waals surface area contributed by atoms with Crippen LogP contribution in [0.3, 0.4) is 0 Å². The molecule has 1 unspecified atom stereocenters. The lowest BCUT2D eigenvalue weighted by atomic mass is 10.1. The number of hydrogen-bond acceptors (Lipinski definition) is 4. The van der Waals surface area contributed by atoms with Crippen LogP contribution in [0.2, 0.25) is 0 Å². The number of nitrogens with zero attached hydrogens (tertiary/aromatic N) is 3. The van der Waals surface area contributed by atoms with Crippen molar-refractivity contribution >= 4 is 29.9 Å². The van der Waals surface area contributed by atoms with E-state index in [-0.39, 0.29) is 30.0 Å². The quantitative estimate of drug-likeness (QED) is 0.233. The molecule has 182 valence electrons. The van der Waals surface area contributed by atoms with Crippen LogP contribution in [0.4, 0.5) is 0 Å². The van der Waals surface area contributed by atoms with Crippen molar-refractivity contribution in [1.82, 2.24) is 20.4 Å². The van der Waals surface area contributed by atoms with E-state index < -0.39 is 0 Å². The summed E-state index contributed by atoms with van der Waals surface area (Å²) >= 11 is 0. The Balaban J connectivity index is 0.00000324. The molecule has 0 radical (unpaired) electrons. The van der Waals surface area contributed by atoms with Gasteiger partial charge in [0.15, 0.2) is 5.96 Å². The van der Waals surface area contributed by atoms with Crippen LogP contribution in [-0.2, 0) is 22.6 Å². The van der Waals surface area contributed by atoms with E-state index >= 15 is 0 Å². The first-order chi connectivity index (χ1) is 16.2. The van der Waals surface area contributed by atoms with Gasteiger partial charge in [0.25, 0.3) is 0 Å². The van der Waals surface area contributed by atoms with Gasteiger partial charge in [0, 0.05) is 39.2 Å². The van der Waals surface area contributed by atoms with Gasteiger partial charge in [0.1, 0.15) is 0 Å². The van der Waals surface area contributed by atoms with Crippen molar-refractivity contribution in [1.29, 1.82) is 0 Å². The molecule has 0 amide bonds. The van der Waals surface area contributed by atoms with E-state index in [1.165, 1.54) is 16.7 Å². The minimum Gasteiger partial charge on any atom is -0.381 e. The predicted octanol–water partition coefficient (Wildman–Crippen LogP) is 4.61. The summed E-state index contributed by atoms with van der Waals surface area (Å²) < 4.78 is 13.3. The fraction of sp³-hybridized carbons (Fsp3) is 0.385. The average Bonchev–Trinajstić information content (AvgIpc) is 3.41. The number of aliphatic imine (C=N–C) groups is 1. The summed E-state index contributed by atoms with van der Waals surface area (Å²) in [4.78, 5) is 4.40. The Kier molecular flexibility index (Phi) is 10.4. The van der Waals surface area contributed by atoms with E-state index in [9.17, 15) is 0 Å². The summed E-state index contributed by atoms with van der Waals surface area (Å²) in [6, 6.07) is 18.9. The van der Waals surface area contributed by atoms with E-state index in [0.29, 0.717) is 19.3 Å². The van der Waals surface area contributed by atoms with Crippen molar-refractivity contribution in [3.8, 4) is 5.69 Å². The monoisotopic (exact) mass is 575 g/mol.